The molecule has 8 rings (SSSR count). The Balaban J connectivity index is 1.03. The molecule has 13 unspecified atom stereocenters. The predicted molar refractivity (Wildman–Crippen MR) is 184 cm³/mol. The number of aliphatic hydroxyl groups is 1. The number of hydrogen-bond donors (Lipinski definition) is 1. The van der Waals surface area contributed by atoms with E-state index in [1.807, 2.05) is 13.8 Å². The van der Waals surface area contributed by atoms with Crippen molar-refractivity contribution >= 4 is 5.97 Å². The molecule has 1 spiro atoms. The molecule has 0 aromatic carbocycles. The van der Waals surface area contributed by atoms with Gasteiger partial charge < -0.3 is 33.5 Å². The molecule has 4 heterocycles. The number of morpholine rings is 1. The van der Waals surface area contributed by atoms with Crippen LogP contribution < -0.4 is 0 Å². The third-order valence-corrected chi connectivity index (χ3v) is 16.4. The number of carbonyl (C=O) groups excluding carboxylic acids is 1. The maximum atomic E-state index is 12.7. The molecule has 4 aliphatic carbocycles. The van der Waals surface area contributed by atoms with Gasteiger partial charge in [0.15, 0.2) is 6.29 Å². The van der Waals surface area contributed by atoms with E-state index in [4.69, 9.17) is 28.4 Å². The van der Waals surface area contributed by atoms with Crippen LogP contribution in [0.2, 0.25) is 0 Å². The number of nitrogens with zero attached hydrogens (tertiary/aromatic N) is 1. The van der Waals surface area contributed by atoms with Crippen molar-refractivity contribution in [2.24, 2.45) is 45.3 Å². The van der Waals surface area contributed by atoms with Gasteiger partial charge in [0.25, 0.3) is 0 Å². The van der Waals surface area contributed by atoms with Gasteiger partial charge in [-0.2, -0.15) is 0 Å². The maximum Gasteiger partial charge on any atom is 0.332 e. The predicted octanol–water partition coefficient (Wildman–Crippen LogP) is 5.74. The highest BCUT2D eigenvalue weighted by molar-refractivity contribution is 5.72. The van der Waals surface area contributed by atoms with Gasteiger partial charge in [-0.3, -0.25) is 4.90 Å². The highest BCUT2D eigenvalue weighted by Crippen LogP contribution is 2.76. The monoisotopic (exact) mass is 687 g/mol. The molecule has 2 bridgehead atoms. The number of aliphatic hydroxyl groups excluding tert-OH is 1. The van der Waals surface area contributed by atoms with Gasteiger partial charge >= 0.3 is 5.97 Å². The van der Waals surface area contributed by atoms with Crippen LogP contribution in [0.25, 0.3) is 0 Å². The molecule has 13 atom stereocenters. The minimum atomic E-state index is -0.765. The minimum Gasteiger partial charge on any atom is -0.455 e. The average molecular weight is 688 g/mol. The molecule has 0 amide bonds. The van der Waals surface area contributed by atoms with E-state index in [0.717, 1.165) is 58.6 Å². The first-order valence-corrected chi connectivity index (χ1v) is 20.0. The van der Waals surface area contributed by atoms with Gasteiger partial charge in [-0.05, 0) is 105 Å². The fourth-order valence-corrected chi connectivity index (χ4v) is 13.5. The third kappa shape index (κ3) is 5.43. The second-order valence-electron chi connectivity index (χ2n) is 19.4. The quantitative estimate of drug-likeness (QED) is 0.371. The standard InChI is InChI=1S/C40H65NO8/c1-24-18-27(35-37(4,5)49-30(42)23-46-35)47-33-32(24)38(6)14-15-40-13-9-8-10-29(48-31-20-41(16-17-45-31)26-21-44-22-26)36(2,3)25(19-40)11-12-28(40)39(38,7)34(33)43/h24-29,31-35,43H,8-23H2,1-7H3. The van der Waals surface area contributed by atoms with Crippen LogP contribution in [0.5, 0.6) is 0 Å². The molecule has 4 aliphatic heterocycles. The van der Waals surface area contributed by atoms with Crippen LogP contribution in [0.1, 0.15) is 113 Å². The minimum absolute atomic E-state index is 0.00506. The van der Waals surface area contributed by atoms with Crippen molar-refractivity contribution in [3.63, 3.8) is 0 Å². The number of rotatable bonds is 4. The Morgan fingerprint density at radius 2 is 1.76 bits per heavy atom. The van der Waals surface area contributed by atoms with Crippen molar-refractivity contribution in [1.82, 2.24) is 4.90 Å². The van der Waals surface area contributed by atoms with E-state index >= 15 is 0 Å². The summed E-state index contributed by atoms with van der Waals surface area (Å²) in [6, 6.07) is 0.512. The lowest BCUT2D eigenvalue weighted by Crippen LogP contribution is -2.60. The van der Waals surface area contributed by atoms with Crippen LogP contribution in [-0.4, -0.2) is 104 Å². The van der Waals surface area contributed by atoms with Crippen LogP contribution in [0.15, 0.2) is 0 Å². The molecule has 9 nitrogen and oxygen atoms in total. The number of cyclic esters (lactones) is 1. The summed E-state index contributed by atoms with van der Waals surface area (Å²) in [6.07, 6.45) is 10.2. The van der Waals surface area contributed by atoms with Gasteiger partial charge in [0.2, 0.25) is 0 Å². The number of carbonyl (C=O) groups is 1. The highest BCUT2D eigenvalue weighted by atomic mass is 16.7. The first-order chi connectivity index (χ1) is 23.2. The summed E-state index contributed by atoms with van der Waals surface area (Å²) >= 11 is 0. The normalized spacial score (nSPS) is 51.6. The van der Waals surface area contributed by atoms with Crippen LogP contribution in [0.4, 0.5) is 0 Å². The SMILES string of the molecule is CC1CC(C2OCC(=O)OC2(C)C)OC2C1C1(C)CCC34CCCCC(OC5CN(C6COC6)CCO5)C(C)(C)C(CCC3C1(C)C2O)C4. The molecule has 0 radical (unpaired) electrons. The highest BCUT2D eigenvalue weighted by Gasteiger charge is 2.74. The van der Waals surface area contributed by atoms with Crippen molar-refractivity contribution in [1.29, 1.82) is 0 Å². The number of ether oxygens (including phenoxy) is 6. The summed E-state index contributed by atoms with van der Waals surface area (Å²) in [5.41, 5.74) is -0.735. The van der Waals surface area contributed by atoms with Crippen molar-refractivity contribution in [3.05, 3.63) is 0 Å². The first-order valence-electron chi connectivity index (χ1n) is 20.0. The lowest BCUT2D eigenvalue weighted by atomic mass is 9.39. The van der Waals surface area contributed by atoms with Gasteiger partial charge in [0.1, 0.15) is 18.3 Å². The number of esters is 1. The first kappa shape index (κ1) is 35.2. The summed E-state index contributed by atoms with van der Waals surface area (Å²) in [5.74, 6) is 1.38. The summed E-state index contributed by atoms with van der Waals surface area (Å²) in [6.45, 7) is 20.3. The van der Waals surface area contributed by atoms with Crippen LogP contribution in [0, 0.1) is 45.3 Å². The molecule has 1 N–H and O–H groups in total. The molecule has 4 saturated heterocycles. The fraction of sp³-hybridized carbons (Fsp3) is 0.975. The Kier molecular flexibility index (Phi) is 8.90. The van der Waals surface area contributed by atoms with Crippen LogP contribution >= 0.6 is 0 Å². The molecule has 278 valence electrons. The topological polar surface area (TPSA) is 95.9 Å². The zero-order valence-corrected chi connectivity index (χ0v) is 31.4. The molecule has 8 fully saturated rings. The van der Waals surface area contributed by atoms with Crippen molar-refractivity contribution < 1.29 is 38.3 Å². The summed E-state index contributed by atoms with van der Waals surface area (Å²) in [7, 11) is 0. The Morgan fingerprint density at radius 1 is 0.959 bits per heavy atom. The Bertz CT molecular complexity index is 1250. The zero-order chi connectivity index (χ0) is 34.6. The van der Waals surface area contributed by atoms with Crippen LogP contribution in [-0.2, 0) is 33.2 Å². The van der Waals surface area contributed by atoms with E-state index in [-0.39, 0.29) is 64.9 Å². The fourth-order valence-electron chi connectivity index (χ4n) is 13.5. The molecule has 0 aromatic heterocycles. The van der Waals surface area contributed by atoms with E-state index in [0.29, 0.717) is 29.7 Å². The summed E-state index contributed by atoms with van der Waals surface area (Å²) in [5, 5.41) is 12.7. The number of fused-ring (bicyclic) bond motifs is 5. The van der Waals surface area contributed by atoms with Gasteiger partial charge in [0.05, 0.1) is 56.8 Å². The third-order valence-electron chi connectivity index (χ3n) is 16.4. The van der Waals surface area contributed by atoms with Crippen molar-refractivity contribution in [3.8, 4) is 0 Å². The smallest absolute Gasteiger partial charge is 0.332 e. The second-order valence-corrected chi connectivity index (χ2v) is 19.4. The van der Waals surface area contributed by atoms with Crippen LogP contribution in [0.3, 0.4) is 0 Å². The van der Waals surface area contributed by atoms with Crippen molar-refractivity contribution in [2.75, 3.05) is 39.5 Å². The summed E-state index contributed by atoms with van der Waals surface area (Å²) < 4.78 is 37.6. The Hall–Kier alpha value is -0.810. The van der Waals surface area contributed by atoms with E-state index in [9.17, 15) is 9.90 Å². The number of hydrogen-bond acceptors (Lipinski definition) is 9. The van der Waals surface area contributed by atoms with E-state index in [1.165, 1.54) is 38.5 Å². The second kappa shape index (κ2) is 12.4. The lowest BCUT2D eigenvalue weighted by molar-refractivity contribution is -0.247. The van der Waals surface area contributed by atoms with Gasteiger partial charge in [0, 0.05) is 12.0 Å². The van der Waals surface area contributed by atoms with E-state index in [1.54, 1.807) is 0 Å². The molecule has 4 saturated carbocycles. The Morgan fingerprint density at radius 3 is 2.49 bits per heavy atom. The summed E-state index contributed by atoms with van der Waals surface area (Å²) in [4.78, 5) is 14.6. The molecule has 8 aliphatic rings. The molecular formula is C40H65NO8. The Labute approximate surface area is 294 Å². The van der Waals surface area contributed by atoms with E-state index < -0.39 is 11.7 Å². The van der Waals surface area contributed by atoms with E-state index in [2.05, 4.69) is 39.5 Å². The molecule has 0 aromatic rings. The van der Waals surface area contributed by atoms with Gasteiger partial charge in [-0.1, -0.05) is 47.5 Å². The molecular weight excluding hydrogens is 622 g/mol. The van der Waals surface area contributed by atoms with Crippen molar-refractivity contribution in [2.45, 2.75) is 161 Å². The molecule has 49 heavy (non-hydrogen) atoms. The molecule has 9 heteroatoms. The van der Waals surface area contributed by atoms with Gasteiger partial charge in [-0.25, -0.2) is 4.79 Å². The zero-order valence-electron chi connectivity index (χ0n) is 31.4. The lowest BCUT2D eigenvalue weighted by Gasteiger charge is -2.65. The average Bonchev–Trinajstić information content (AvgIpc) is 3.21. The van der Waals surface area contributed by atoms with Gasteiger partial charge in [-0.15, -0.1) is 0 Å². The largest absolute Gasteiger partial charge is 0.455 e. The maximum absolute atomic E-state index is 12.7.